The molecular weight excluding hydrogens is 402 g/mol. The van der Waals surface area contributed by atoms with Gasteiger partial charge < -0.3 is 30.4 Å². The Morgan fingerprint density at radius 1 is 1.06 bits per heavy atom. The van der Waals surface area contributed by atoms with E-state index in [-0.39, 0.29) is 36.1 Å². The van der Waals surface area contributed by atoms with Gasteiger partial charge in [-0.05, 0) is 24.3 Å². The molecule has 9 nitrogen and oxygen atoms in total. The SMILES string of the molecule is COCCOc1cc(C(=O)NCCOc2ccc(C(N)=O)c(O)c2)nc2ccccc12. The lowest BCUT2D eigenvalue weighted by molar-refractivity contribution is 0.0940. The highest BCUT2D eigenvalue weighted by Crippen LogP contribution is 2.25. The maximum absolute atomic E-state index is 12.6. The van der Waals surface area contributed by atoms with Crippen LogP contribution in [-0.4, -0.2) is 55.4 Å². The summed E-state index contributed by atoms with van der Waals surface area (Å²) in [5.41, 5.74) is 6.01. The van der Waals surface area contributed by atoms with Gasteiger partial charge in [-0.2, -0.15) is 0 Å². The average molecular weight is 425 g/mol. The molecule has 3 aromatic rings. The molecule has 0 bridgehead atoms. The van der Waals surface area contributed by atoms with Crippen LogP contribution in [0, 0.1) is 0 Å². The van der Waals surface area contributed by atoms with Crippen LogP contribution in [0.15, 0.2) is 48.5 Å². The van der Waals surface area contributed by atoms with Gasteiger partial charge in [0.25, 0.3) is 11.8 Å². The molecule has 0 aliphatic carbocycles. The van der Waals surface area contributed by atoms with Crippen molar-refractivity contribution in [3.8, 4) is 17.2 Å². The van der Waals surface area contributed by atoms with Gasteiger partial charge in [-0.25, -0.2) is 4.98 Å². The number of pyridine rings is 1. The zero-order valence-corrected chi connectivity index (χ0v) is 17.0. The molecule has 2 aromatic carbocycles. The number of primary amides is 1. The van der Waals surface area contributed by atoms with Crippen LogP contribution in [0.2, 0.25) is 0 Å². The first kappa shape index (κ1) is 21.8. The fourth-order valence-electron chi connectivity index (χ4n) is 2.85. The van der Waals surface area contributed by atoms with Crippen molar-refractivity contribution in [2.45, 2.75) is 0 Å². The number of rotatable bonds is 10. The van der Waals surface area contributed by atoms with Crippen molar-refractivity contribution in [2.75, 3.05) is 33.5 Å². The van der Waals surface area contributed by atoms with Gasteiger partial charge in [0.2, 0.25) is 0 Å². The van der Waals surface area contributed by atoms with Crippen LogP contribution in [0.3, 0.4) is 0 Å². The van der Waals surface area contributed by atoms with Crippen LogP contribution in [0.25, 0.3) is 10.9 Å². The van der Waals surface area contributed by atoms with Crippen molar-refractivity contribution < 1.29 is 28.9 Å². The van der Waals surface area contributed by atoms with Gasteiger partial charge in [-0.3, -0.25) is 9.59 Å². The fourth-order valence-corrected chi connectivity index (χ4v) is 2.85. The smallest absolute Gasteiger partial charge is 0.270 e. The van der Waals surface area contributed by atoms with E-state index in [9.17, 15) is 14.7 Å². The number of methoxy groups -OCH3 is 1. The lowest BCUT2D eigenvalue weighted by Crippen LogP contribution is -2.28. The summed E-state index contributed by atoms with van der Waals surface area (Å²) < 4.78 is 16.2. The highest BCUT2D eigenvalue weighted by Gasteiger charge is 2.13. The number of aromatic nitrogens is 1. The minimum absolute atomic E-state index is 0.00607. The Balaban J connectivity index is 1.61. The molecule has 31 heavy (non-hydrogen) atoms. The minimum Gasteiger partial charge on any atom is -0.507 e. The fraction of sp³-hybridized carbons (Fsp3) is 0.227. The van der Waals surface area contributed by atoms with Crippen molar-refractivity contribution in [1.82, 2.24) is 10.3 Å². The van der Waals surface area contributed by atoms with Gasteiger partial charge >= 0.3 is 0 Å². The van der Waals surface area contributed by atoms with E-state index in [2.05, 4.69) is 10.3 Å². The third kappa shape index (κ3) is 5.61. The summed E-state index contributed by atoms with van der Waals surface area (Å²) in [6, 6.07) is 13.2. The molecule has 0 atom stereocenters. The van der Waals surface area contributed by atoms with E-state index in [4.69, 9.17) is 19.9 Å². The Hall–Kier alpha value is -3.85. The number of hydrogen-bond donors (Lipinski definition) is 3. The zero-order chi connectivity index (χ0) is 22.2. The summed E-state index contributed by atoms with van der Waals surface area (Å²) in [5, 5.41) is 13.3. The molecule has 9 heteroatoms. The third-order valence-corrected chi connectivity index (χ3v) is 4.35. The summed E-state index contributed by atoms with van der Waals surface area (Å²) in [4.78, 5) is 28.1. The van der Waals surface area contributed by atoms with Gasteiger partial charge in [0.15, 0.2) is 0 Å². The molecule has 0 unspecified atom stereocenters. The maximum atomic E-state index is 12.6. The normalized spacial score (nSPS) is 10.6. The first-order valence-corrected chi connectivity index (χ1v) is 9.55. The van der Waals surface area contributed by atoms with Gasteiger partial charge in [0, 0.05) is 24.6 Å². The molecule has 0 saturated heterocycles. The van der Waals surface area contributed by atoms with E-state index in [1.165, 1.54) is 18.2 Å². The van der Waals surface area contributed by atoms with E-state index in [1.54, 1.807) is 19.2 Å². The number of amides is 2. The second-order valence-corrected chi connectivity index (χ2v) is 6.51. The molecule has 0 aliphatic rings. The lowest BCUT2D eigenvalue weighted by Gasteiger charge is -2.12. The van der Waals surface area contributed by atoms with Gasteiger partial charge in [0.1, 0.15) is 36.2 Å². The number of fused-ring (bicyclic) bond motifs is 1. The molecule has 0 spiro atoms. The molecule has 0 saturated carbocycles. The number of nitrogens with two attached hydrogens (primary N) is 1. The molecule has 0 aliphatic heterocycles. The van der Waals surface area contributed by atoms with E-state index >= 15 is 0 Å². The topological polar surface area (TPSA) is 133 Å². The number of ether oxygens (including phenoxy) is 3. The van der Waals surface area contributed by atoms with Gasteiger partial charge in [0.05, 0.1) is 24.2 Å². The van der Waals surface area contributed by atoms with E-state index in [0.29, 0.717) is 30.2 Å². The van der Waals surface area contributed by atoms with Crippen LogP contribution in [0.1, 0.15) is 20.8 Å². The van der Waals surface area contributed by atoms with Crippen LogP contribution in [0.5, 0.6) is 17.2 Å². The second kappa shape index (κ2) is 10.3. The molecule has 0 radical (unpaired) electrons. The number of hydrogen-bond acceptors (Lipinski definition) is 7. The number of nitrogens with one attached hydrogen (secondary N) is 1. The number of carbonyl (C=O) groups excluding carboxylic acids is 2. The summed E-state index contributed by atoms with van der Waals surface area (Å²) in [7, 11) is 1.59. The van der Waals surface area contributed by atoms with Crippen LogP contribution in [-0.2, 0) is 4.74 Å². The van der Waals surface area contributed by atoms with Crippen molar-refractivity contribution >= 4 is 22.7 Å². The molecule has 2 amide bonds. The van der Waals surface area contributed by atoms with E-state index in [1.807, 2.05) is 18.2 Å². The highest BCUT2D eigenvalue weighted by atomic mass is 16.5. The number of phenols is 1. The molecule has 0 fully saturated rings. The zero-order valence-electron chi connectivity index (χ0n) is 17.0. The minimum atomic E-state index is -0.732. The van der Waals surface area contributed by atoms with Gasteiger partial charge in [-0.1, -0.05) is 12.1 Å². The van der Waals surface area contributed by atoms with Crippen molar-refractivity contribution in [1.29, 1.82) is 0 Å². The standard InChI is InChI=1S/C22H23N3O6/c1-29-10-11-31-20-13-18(25-17-5-3-2-4-15(17)20)22(28)24-8-9-30-14-6-7-16(21(23)27)19(26)12-14/h2-7,12-13,26H,8-11H2,1H3,(H2,23,27)(H,24,28). The third-order valence-electron chi connectivity index (χ3n) is 4.35. The first-order valence-electron chi connectivity index (χ1n) is 9.55. The number of aromatic hydroxyl groups is 1. The van der Waals surface area contributed by atoms with Crippen molar-refractivity contribution in [3.63, 3.8) is 0 Å². The number of carbonyl (C=O) groups is 2. The summed E-state index contributed by atoms with van der Waals surface area (Å²) >= 11 is 0. The average Bonchev–Trinajstić information content (AvgIpc) is 2.76. The van der Waals surface area contributed by atoms with Gasteiger partial charge in [-0.15, -0.1) is 0 Å². The quantitative estimate of drug-likeness (QED) is 0.422. The molecule has 162 valence electrons. The van der Waals surface area contributed by atoms with Crippen LogP contribution < -0.4 is 20.5 Å². The molecule has 1 heterocycles. The highest BCUT2D eigenvalue weighted by molar-refractivity contribution is 5.97. The predicted octanol–water partition coefficient (Wildman–Crippen LogP) is 1.87. The van der Waals surface area contributed by atoms with Crippen LogP contribution >= 0.6 is 0 Å². The summed E-state index contributed by atoms with van der Waals surface area (Å²) in [6.45, 7) is 1.11. The Morgan fingerprint density at radius 3 is 2.61 bits per heavy atom. The Morgan fingerprint density at radius 2 is 1.87 bits per heavy atom. The number of nitrogens with zero attached hydrogens (tertiary/aromatic N) is 1. The molecule has 3 rings (SSSR count). The predicted molar refractivity (Wildman–Crippen MR) is 114 cm³/mol. The maximum Gasteiger partial charge on any atom is 0.270 e. The monoisotopic (exact) mass is 425 g/mol. The molecular formula is C22H23N3O6. The lowest BCUT2D eigenvalue weighted by atomic mass is 10.1. The Bertz CT molecular complexity index is 1090. The Labute approximate surface area is 178 Å². The second-order valence-electron chi connectivity index (χ2n) is 6.51. The van der Waals surface area contributed by atoms with Crippen LogP contribution in [0.4, 0.5) is 0 Å². The van der Waals surface area contributed by atoms with E-state index < -0.39 is 5.91 Å². The van der Waals surface area contributed by atoms with Crippen molar-refractivity contribution in [3.05, 3.63) is 59.8 Å². The van der Waals surface area contributed by atoms with Crippen molar-refractivity contribution in [2.24, 2.45) is 5.73 Å². The number of para-hydroxylation sites is 1. The van der Waals surface area contributed by atoms with E-state index in [0.717, 1.165) is 5.39 Å². The largest absolute Gasteiger partial charge is 0.507 e. The summed E-state index contributed by atoms with van der Waals surface area (Å²) in [6.07, 6.45) is 0. The number of benzene rings is 2. The molecule has 4 N–H and O–H groups in total. The summed E-state index contributed by atoms with van der Waals surface area (Å²) in [5.74, 6) is -0.485. The molecule has 1 aromatic heterocycles. The Kier molecular flexibility index (Phi) is 7.23. The first-order chi connectivity index (χ1) is 15.0.